The van der Waals surface area contributed by atoms with Crippen LogP contribution in [0.3, 0.4) is 0 Å². The van der Waals surface area contributed by atoms with E-state index >= 15 is 0 Å². The molecule has 6 heteroatoms. The van der Waals surface area contributed by atoms with Gasteiger partial charge in [-0.15, -0.1) is 0 Å². The molecule has 1 unspecified atom stereocenters. The topological polar surface area (TPSA) is 68.1 Å². The molecule has 1 aromatic rings. The van der Waals surface area contributed by atoms with Gasteiger partial charge in [0.1, 0.15) is 5.15 Å². The number of nitrogens with zero attached hydrogens (tertiary/aromatic N) is 2. The van der Waals surface area contributed by atoms with Crippen molar-refractivity contribution in [1.29, 1.82) is 0 Å². The second-order valence-electron chi connectivity index (χ2n) is 5.41. The highest BCUT2D eigenvalue weighted by molar-refractivity contribution is 6.29. The molecule has 1 aromatic heterocycles. The normalized spacial score (nSPS) is 13.2. The maximum Gasteiger partial charge on any atom is 0.311 e. The quantitative estimate of drug-likeness (QED) is 0.515. The molecule has 0 radical (unpaired) electrons. The summed E-state index contributed by atoms with van der Waals surface area (Å²) in [6.45, 7) is 9.07. The molecule has 0 saturated carbocycles. The molecule has 0 saturated heterocycles. The van der Waals surface area contributed by atoms with Gasteiger partial charge in [-0.25, -0.2) is 4.98 Å². The SMILES string of the molecule is CC(CNc1nc(Cl)ccc1[N+](=O)[O-])C(C)(C)C. The fraction of sp³-hybridized carbons (Fsp3) is 0.583. The molecule has 18 heavy (non-hydrogen) atoms. The Labute approximate surface area is 112 Å². The Morgan fingerprint density at radius 2 is 2.11 bits per heavy atom. The van der Waals surface area contributed by atoms with E-state index in [2.05, 4.69) is 38.0 Å². The molecule has 0 aliphatic rings. The van der Waals surface area contributed by atoms with E-state index in [1.54, 1.807) is 0 Å². The van der Waals surface area contributed by atoms with Gasteiger partial charge in [0.25, 0.3) is 0 Å². The standard InChI is InChI=1S/C12H18ClN3O2/c1-8(12(2,3)4)7-14-11-9(16(17)18)5-6-10(13)15-11/h5-6,8H,7H2,1-4H3,(H,14,15). The molecule has 0 spiro atoms. The number of pyridine rings is 1. The maximum absolute atomic E-state index is 10.9. The van der Waals surface area contributed by atoms with E-state index in [9.17, 15) is 10.1 Å². The summed E-state index contributed by atoms with van der Waals surface area (Å²) in [4.78, 5) is 14.4. The minimum Gasteiger partial charge on any atom is -0.364 e. The van der Waals surface area contributed by atoms with Crippen molar-refractivity contribution in [2.75, 3.05) is 11.9 Å². The van der Waals surface area contributed by atoms with Crippen LogP contribution in [0.1, 0.15) is 27.7 Å². The van der Waals surface area contributed by atoms with Crippen molar-refractivity contribution in [2.24, 2.45) is 11.3 Å². The van der Waals surface area contributed by atoms with E-state index < -0.39 is 4.92 Å². The molecule has 0 bridgehead atoms. The molecule has 1 heterocycles. The summed E-state index contributed by atoms with van der Waals surface area (Å²) < 4.78 is 0. The summed E-state index contributed by atoms with van der Waals surface area (Å²) in [5.74, 6) is 0.571. The number of hydrogen-bond acceptors (Lipinski definition) is 4. The van der Waals surface area contributed by atoms with E-state index in [-0.39, 0.29) is 22.1 Å². The average Bonchev–Trinajstić information content (AvgIpc) is 2.24. The van der Waals surface area contributed by atoms with Gasteiger partial charge in [-0.1, -0.05) is 39.3 Å². The predicted molar refractivity (Wildman–Crippen MR) is 73.0 cm³/mol. The molecule has 1 atom stereocenters. The van der Waals surface area contributed by atoms with Gasteiger partial charge in [-0.3, -0.25) is 10.1 Å². The lowest BCUT2D eigenvalue weighted by atomic mass is 9.82. The molecular formula is C12H18ClN3O2. The largest absolute Gasteiger partial charge is 0.364 e. The third kappa shape index (κ3) is 3.84. The van der Waals surface area contributed by atoms with Gasteiger partial charge in [0, 0.05) is 12.6 Å². The van der Waals surface area contributed by atoms with E-state index in [1.165, 1.54) is 12.1 Å². The summed E-state index contributed by atoms with van der Waals surface area (Å²) >= 11 is 5.75. The van der Waals surface area contributed by atoms with Crippen molar-refractivity contribution in [3.8, 4) is 0 Å². The third-order valence-corrected chi connectivity index (χ3v) is 3.30. The highest BCUT2D eigenvalue weighted by atomic mass is 35.5. The van der Waals surface area contributed by atoms with Crippen LogP contribution in [-0.2, 0) is 0 Å². The maximum atomic E-state index is 10.9. The van der Waals surface area contributed by atoms with Gasteiger partial charge in [0.2, 0.25) is 5.82 Å². The Morgan fingerprint density at radius 1 is 1.50 bits per heavy atom. The molecule has 0 aliphatic carbocycles. The number of hydrogen-bond donors (Lipinski definition) is 1. The first kappa shape index (κ1) is 14.7. The van der Waals surface area contributed by atoms with Gasteiger partial charge in [-0.2, -0.15) is 0 Å². The zero-order valence-corrected chi connectivity index (χ0v) is 11.8. The van der Waals surface area contributed by atoms with Crippen LogP contribution in [0.4, 0.5) is 11.5 Å². The van der Waals surface area contributed by atoms with Crippen LogP contribution in [0, 0.1) is 21.4 Å². The Hall–Kier alpha value is -1.36. The molecule has 1 N–H and O–H groups in total. The van der Waals surface area contributed by atoms with Gasteiger partial charge in [0.15, 0.2) is 0 Å². The van der Waals surface area contributed by atoms with E-state index in [0.29, 0.717) is 12.5 Å². The average molecular weight is 272 g/mol. The zero-order chi connectivity index (χ0) is 13.9. The number of halogens is 1. The van der Waals surface area contributed by atoms with Crippen LogP contribution in [0.5, 0.6) is 0 Å². The van der Waals surface area contributed by atoms with Crippen molar-refractivity contribution >= 4 is 23.1 Å². The van der Waals surface area contributed by atoms with Crippen LogP contribution in [0.25, 0.3) is 0 Å². The van der Waals surface area contributed by atoms with Crippen molar-refractivity contribution in [1.82, 2.24) is 4.98 Å². The smallest absolute Gasteiger partial charge is 0.311 e. The van der Waals surface area contributed by atoms with Gasteiger partial charge in [-0.05, 0) is 17.4 Å². The van der Waals surface area contributed by atoms with Crippen molar-refractivity contribution in [3.05, 3.63) is 27.4 Å². The first-order valence-corrected chi connectivity index (χ1v) is 6.14. The molecule has 0 amide bonds. The van der Waals surface area contributed by atoms with Crippen molar-refractivity contribution in [2.45, 2.75) is 27.7 Å². The molecule has 0 aromatic carbocycles. The first-order valence-electron chi connectivity index (χ1n) is 5.76. The van der Waals surface area contributed by atoms with Crippen molar-refractivity contribution < 1.29 is 4.92 Å². The van der Waals surface area contributed by atoms with Crippen LogP contribution in [0.15, 0.2) is 12.1 Å². The monoisotopic (exact) mass is 271 g/mol. The van der Waals surface area contributed by atoms with E-state index in [4.69, 9.17) is 11.6 Å². The Kier molecular flexibility index (Phi) is 4.51. The summed E-state index contributed by atoms with van der Waals surface area (Å²) in [5.41, 5.74) is 0.0703. The van der Waals surface area contributed by atoms with Gasteiger partial charge in [0.05, 0.1) is 4.92 Å². The lowest BCUT2D eigenvalue weighted by Gasteiger charge is -2.27. The van der Waals surface area contributed by atoms with Crippen LogP contribution < -0.4 is 5.32 Å². The zero-order valence-electron chi connectivity index (χ0n) is 11.0. The van der Waals surface area contributed by atoms with Crippen LogP contribution in [-0.4, -0.2) is 16.5 Å². The Bertz CT molecular complexity index is 443. The fourth-order valence-corrected chi connectivity index (χ4v) is 1.41. The molecule has 100 valence electrons. The Balaban J connectivity index is 2.84. The van der Waals surface area contributed by atoms with Gasteiger partial charge < -0.3 is 5.32 Å². The number of anilines is 1. The highest BCUT2D eigenvalue weighted by Gasteiger charge is 2.22. The number of nitro groups is 1. The van der Waals surface area contributed by atoms with E-state index in [1.807, 2.05) is 0 Å². The second-order valence-corrected chi connectivity index (χ2v) is 5.79. The van der Waals surface area contributed by atoms with E-state index in [0.717, 1.165) is 0 Å². The summed E-state index contributed by atoms with van der Waals surface area (Å²) in [7, 11) is 0. The van der Waals surface area contributed by atoms with Crippen LogP contribution >= 0.6 is 11.6 Å². The highest BCUT2D eigenvalue weighted by Crippen LogP contribution is 2.28. The van der Waals surface area contributed by atoms with Crippen LogP contribution in [0.2, 0.25) is 5.15 Å². The minimum atomic E-state index is -0.465. The van der Waals surface area contributed by atoms with Crippen molar-refractivity contribution in [3.63, 3.8) is 0 Å². The number of nitrogens with one attached hydrogen (secondary N) is 1. The predicted octanol–water partition coefficient (Wildman–Crippen LogP) is 3.74. The molecule has 0 aliphatic heterocycles. The Morgan fingerprint density at radius 3 is 2.61 bits per heavy atom. The second kappa shape index (κ2) is 5.52. The fourth-order valence-electron chi connectivity index (χ4n) is 1.26. The van der Waals surface area contributed by atoms with Gasteiger partial charge >= 0.3 is 5.69 Å². The molecule has 0 fully saturated rings. The number of rotatable bonds is 4. The summed E-state index contributed by atoms with van der Waals surface area (Å²) in [6.07, 6.45) is 0. The third-order valence-electron chi connectivity index (χ3n) is 3.09. The minimum absolute atomic E-state index is 0.0551. The lowest BCUT2D eigenvalue weighted by molar-refractivity contribution is -0.384. The summed E-state index contributed by atoms with van der Waals surface area (Å²) in [5, 5.41) is 14.1. The molecule has 1 rings (SSSR count). The summed E-state index contributed by atoms with van der Waals surface area (Å²) in [6, 6.07) is 2.78. The first-order chi connectivity index (χ1) is 8.21. The molecule has 5 nitrogen and oxygen atoms in total. The lowest BCUT2D eigenvalue weighted by Crippen LogP contribution is -2.25. The molecular weight excluding hydrogens is 254 g/mol. The number of aromatic nitrogens is 1.